The second-order valence-corrected chi connectivity index (χ2v) is 4.68. The van der Waals surface area contributed by atoms with Gasteiger partial charge in [0.1, 0.15) is 6.04 Å². The molecule has 0 amide bonds. The van der Waals surface area contributed by atoms with Gasteiger partial charge in [-0.05, 0) is 11.1 Å². The van der Waals surface area contributed by atoms with Gasteiger partial charge in [0.2, 0.25) is 0 Å². The Kier molecular flexibility index (Phi) is 3.32. The maximum absolute atomic E-state index is 6.01. The molecule has 3 rings (SSSR count). The molecular formula is C17H17NO. The van der Waals surface area contributed by atoms with E-state index >= 15 is 0 Å². The summed E-state index contributed by atoms with van der Waals surface area (Å²) >= 11 is 0. The Bertz CT molecular complexity index is 562. The number of rotatable bonds is 3. The van der Waals surface area contributed by atoms with Crippen LogP contribution in [-0.4, -0.2) is 5.90 Å². The lowest BCUT2D eigenvalue weighted by molar-refractivity contribution is 0.192. The van der Waals surface area contributed by atoms with E-state index in [9.17, 15) is 0 Å². The fourth-order valence-electron chi connectivity index (χ4n) is 2.43. The van der Waals surface area contributed by atoms with Crippen molar-refractivity contribution in [2.24, 2.45) is 4.99 Å². The first-order chi connectivity index (χ1) is 9.38. The molecule has 0 radical (unpaired) electrons. The van der Waals surface area contributed by atoms with Gasteiger partial charge in [-0.15, -0.1) is 0 Å². The lowest BCUT2D eigenvalue weighted by Gasteiger charge is -2.18. The van der Waals surface area contributed by atoms with Gasteiger partial charge in [-0.25, -0.2) is 4.99 Å². The van der Waals surface area contributed by atoms with Crippen LogP contribution in [0.5, 0.6) is 0 Å². The summed E-state index contributed by atoms with van der Waals surface area (Å²) in [6, 6.07) is 20.8. The molecule has 2 heteroatoms. The molecule has 0 spiro atoms. The van der Waals surface area contributed by atoms with Crippen LogP contribution >= 0.6 is 0 Å². The van der Waals surface area contributed by atoms with Crippen molar-refractivity contribution in [3.05, 3.63) is 71.8 Å². The van der Waals surface area contributed by atoms with E-state index < -0.39 is 0 Å². The van der Waals surface area contributed by atoms with Gasteiger partial charge in [0, 0.05) is 6.42 Å². The highest BCUT2D eigenvalue weighted by Crippen LogP contribution is 2.40. The van der Waals surface area contributed by atoms with Crippen LogP contribution in [0.2, 0.25) is 0 Å². The number of hydrogen-bond acceptors (Lipinski definition) is 2. The first-order valence-corrected chi connectivity index (χ1v) is 6.71. The number of ether oxygens (including phenoxy) is 1. The van der Waals surface area contributed by atoms with Crippen molar-refractivity contribution in [2.75, 3.05) is 0 Å². The minimum absolute atomic E-state index is 0.00134. The summed E-state index contributed by atoms with van der Waals surface area (Å²) in [7, 11) is 0. The van der Waals surface area contributed by atoms with Crippen molar-refractivity contribution in [1.29, 1.82) is 0 Å². The van der Waals surface area contributed by atoms with Crippen molar-refractivity contribution in [2.45, 2.75) is 25.5 Å². The predicted octanol–water partition coefficient (Wildman–Crippen LogP) is 4.31. The molecule has 2 aromatic rings. The Morgan fingerprint density at radius 1 is 0.895 bits per heavy atom. The smallest absolute Gasteiger partial charge is 0.184 e. The molecule has 0 unspecified atom stereocenters. The summed E-state index contributed by atoms with van der Waals surface area (Å²) < 4.78 is 6.01. The van der Waals surface area contributed by atoms with Crippen LogP contribution < -0.4 is 0 Å². The molecule has 1 heterocycles. The molecule has 2 atom stereocenters. The largest absolute Gasteiger partial charge is 0.470 e. The second kappa shape index (κ2) is 5.27. The van der Waals surface area contributed by atoms with Crippen LogP contribution in [0.25, 0.3) is 0 Å². The molecule has 0 saturated carbocycles. The van der Waals surface area contributed by atoms with E-state index in [1.807, 2.05) is 24.3 Å². The summed E-state index contributed by atoms with van der Waals surface area (Å²) in [5.41, 5.74) is 2.39. The highest BCUT2D eigenvalue weighted by atomic mass is 16.5. The minimum Gasteiger partial charge on any atom is -0.470 e. The maximum atomic E-state index is 6.01. The normalized spacial score (nSPS) is 21.8. The first kappa shape index (κ1) is 12.0. The summed E-state index contributed by atoms with van der Waals surface area (Å²) in [6.07, 6.45) is 0.839. The molecule has 0 N–H and O–H groups in total. The van der Waals surface area contributed by atoms with E-state index in [0.717, 1.165) is 12.3 Å². The topological polar surface area (TPSA) is 21.6 Å². The molecule has 2 aromatic carbocycles. The standard InChI is InChI=1S/C17H17NO/c1-2-15-18-16(13-9-5-3-6-10-13)17(19-15)14-11-7-4-8-12-14/h3-12,16-17H,2H2,1H3/t16-,17-/m0/s1. The van der Waals surface area contributed by atoms with E-state index in [2.05, 4.69) is 43.3 Å². The van der Waals surface area contributed by atoms with Gasteiger partial charge in [-0.3, -0.25) is 0 Å². The van der Waals surface area contributed by atoms with Crippen LogP contribution in [0, 0.1) is 0 Å². The fraction of sp³-hybridized carbons (Fsp3) is 0.235. The Hall–Kier alpha value is -2.09. The zero-order valence-electron chi connectivity index (χ0n) is 11.0. The molecule has 0 aromatic heterocycles. The molecule has 0 fully saturated rings. The minimum atomic E-state index is -0.00134. The third kappa shape index (κ3) is 2.39. The molecule has 2 nitrogen and oxygen atoms in total. The van der Waals surface area contributed by atoms with Gasteiger partial charge < -0.3 is 4.74 Å². The lowest BCUT2D eigenvalue weighted by atomic mass is 9.97. The van der Waals surface area contributed by atoms with Gasteiger partial charge in [-0.1, -0.05) is 67.6 Å². The van der Waals surface area contributed by atoms with Gasteiger partial charge in [0.25, 0.3) is 0 Å². The third-order valence-electron chi connectivity index (χ3n) is 3.40. The highest BCUT2D eigenvalue weighted by Gasteiger charge is 2.32. The van der Waals surface area contributed by atoms with E-state index in [1.54, 1.807) is 0 Å². The predicted molar refractivity (Wildman–Crippen MR) is 77.2 cm³/mol. The van der Waals surface area contributed by atoms with E-state index in [4.69, 9.17) is 9.73 Å². The quantitative estimate of drug-likeness (QED) is 0.796. The summed E-state index contributed by atoms with van der Waals surface area (Å²) in [4.78, 5) is 4.73. The zero-order valence-corrected chi connectivity index (χ0v) is 11.0. The van der Waals surface area contributed by atoms with Gasteiger partial charge >= 0.3 is 0 Å². The van der Waals surface area contributed by atoms with Gasteiger partial charge in [0.05, 0.1) is 0 Å². The number of aliphatic imine (C=N–C) groups is 1. The van der Waals surface area contributed by atoms with Gasteiger partial charge in [0.15, 0.2) is 12.0 Å². The van der Waals surface area contributed by atoms with Gasteiger partial charge in [-0.2, -0.15) is 0 Å². The molecular weight excluding hydrogens is 234 g/mol. The van der Waals surface area contributed by atoms with E-state index in [0.29, 0.717) is 0 Å². The van der Waals surface area contributed by atoms with Crippen molar-refractivity contribution >= 4 is 5.90 Å². The average Bonchev–Trinajstić information content (AvgIpc) is 2.93. The third-order valence-corrected chi connectivity index (χ3v) is 3.40. The number of hydrogen-bond donors (Lipinski definition) is 0. The molecule has 1 aliphatic rings. The summed E-state index contributed by atoms with van der Waals surface area (Å²) in [5, 5.41) is 0. The number of nitrogens with zero attached hydrogens (tertiary/aromatic N) is 1. The van der Waals surface area contributed by atoms with Crippen molar-refractivity contribution < 1.29 is 4.74 Å². The Labute approximate surface area is 113 Å². The van der Waals surface area contributed by atoms with Crippen molar-refractivity contribution in [1.82, 2.24) is 0 Å². The Balaban J connectivity index is 1.96. The SMILES string of the molecule is CCC1=N[C@@H](c2ccccc2)[C@H](c2ccccc2)O1. The molecule has 0 bridgehead atoms. The Morgan fingerprint density at radius 2 is 1.47 bits per heavy atom. The first-order valence-electron chi connectivity index (χ1n) is 6.71. The maximum Gasteiger partial charge on any atom is 0.184 e. The highest BCUT2D eigenvalue weighted by molar-refractivity contribution is 5.78. The van der Waals surface area contributed by atoms with Crippen LogP contribution in [0.4, 0.5) is 0 Å². The van der Waals surface area contributed by atoms with Crippen molar-refractivity contribution in [3.63, 3.8) is 0 Å². The van der Waals surface area contributed by atoms with Crippen LogP contribution in [0.3, 0.4) is 0 Å². The van der Waals surface area contributed by atoms with Crippen molar-refractivity contribution in [3.8, 4) is 0 Å². The molecule has 0 saturated heterocycles. The fourth-order valence-corrected chi connectivity index (χ4v) is 2.43. The Morgan fingerprint density at radius 3 is 2.05 bits per heavy atom. The molecule has 1 aliphatic heterocycles. The monoisotopic (exact) mass is 251 g/mol. The molecule has 19 heavy (non-hydrogen) atoms. The summed E-state index contributed by atoms with van der Waals surface area (Å²) in [5.74, 6) is 0.850. The van der Waals surface area contributed by atoms with E-state index in [-0.39, 0.29) is 12.1 Å². The average molecular weight is 251 g/mol. The number of benzene rings is 2. The van der Waals surface area contributed by atoms with E-state index in [1.165, 1.54) is 11.1 Å². The summed E-state index contributed by atoms with van der Waals surface area (Å²) in [6.45, 7) is 2.08. The van der Waals surface area contributed by atoms with Crippen LogP contribution in [0.15, 0.2) is 65.7 Å². The lowest BCUT2D eigenvalue weighted by Crippen LogP contribution is -2.08. The zero-order chi connectivity index (χ0) is 13.1. The van der Waals surface area contributed by atoms with Crippen LogP contribution in [0.1, 0.15) is 36.6 Å². The molecule has 0 aliphatic carbocycles. The van der Waals surface area contributed by atoms with Crippen LogP contribution in [-0.2, 0) is 4.74 Å². The molecule has 96 valence electrons. The second-order valence-electron chi connectivity index (χ2n) is 4.68.